The van der Waals surface area contributed by atoms with Crippen LogP contribution in [-0.4, -0.2) is 10.8 Å². The molecule has 3 aromatic rings. The molecule has 0 amide bonds. The molecule has 2 aromatic carbocycles. The highest BCUT2D eigenvalue weighted by atomic mass is 35.5. The Morgan fingerprint density at radius 1 is 1.00 bits per heavy atom. The van der Waals surface area contributed by atoms with Gasteiger partial charge < -0.3 is 0 Å². The maximum atomic E-state index is 12.5. The molecule has 0 aliphatic rings. The minimum absolute atomic E-state index is 0.0300. The highest BCUT2D eigenvalue weighted by Crippen LogP contribution is 2.21. The fourth-order valence-corrected chi connectivity index (χ4v) is 2.44. The smallest absolute Gasteiger partial charge is 0.169 e. The third kappa shape index (κ3) is 2.43. The highest BCUT2D eigenvalue weighted by Gasteiger charge is 2.12. The van der Waals surface area contributed by atoms with Gasteiger partial charge >= 0.3 is 0 Å². The van der Waals surface area contributed by atoms with Crippen LogP contribution in [0.4, 0.5) is 0 Å². The Labute approximate surface area is 122 Å². The van der Waals surface area contributed by atoms with Gasteiger partial charge in [-0.15, -0.1) is 0 Å². The average Bonchev–Trinajstić information content (AvgIpc) is 2.49. The van der Waals surface area contributed by atoms with E-state index in [1.165, 1.54) is 0 Å². The van der Waals surface area contributed by atoms with Crippen molar-refractivity contribution in [3.8, 4) is 0 Å². The van der Waals surface area contributed by atoms with E-state index in [1.807, 2.05) is 48.5 Å². The maximum absolute atomic E-state index is 12.5. The summed E-state index contributed by atoms with van der Waals surface area (Å²) in [4.78, 5) is 16.8. The van der Waals surface area contributed by atoms with Crippen molar-refractivity contribution >= 4 is 28.3 Å². The van der Waals surface area contributed by atoms with Crippen LogP contribution in [0.15, 0.2) is 60.8 Å². The fraction of sp³-hybridized carbons (Fsp3) is 0.0588. The molecule has 0 unspecified atom stereocenters. The van der Waals surface area contributed by atoms with Gasteiger partial charge in [-0.3, -0.25) is 9.78 Å². The Hall–Kier alpha value is -2.19. The lowest BCUT2D eigenvalue weighted by Crippen LogP contribution is -2.05. The number of ketones is 1. The minimum Gasteiger partial charge on any atom is -0.294 e. The Balaban J connectivity index is 1.99. The lowest BCUT2D eigenvalue weighted by molar-refractivity contribution is 0.0994. The first-order valence-corrected chi connectivity index (χ1v) is 6.74. The molecule has 0 spiro atoms. The highest BCUT2D eigenvalue weighted by molar-refractivity contribution is 6.31. The molecule has 1 heterocycles. The zero-order chi connectivity index (χ0) is 13.9. The number of fused-ring (bicyclic) bond motifs is 1. The second kappa shape index (κ2) is 5.43. The summed E-state index contributed by atoms with van der Waals surface area (Å²) < 4.78 is 0. The number of aromatic nitrogens is 1. The third-order valence-corrected chi connectivity index (χ3v) is 3.61. The number of carbonyl (C=O) groups is 1. The zero-order valence-electron chi connectivity index (χ0n) is 10.7. The number of halogens is 1. The topological polar surface area (TPSA) is 30.0 Å². The molecule has 0 N–H and O–H groups in total. The van der Waals surface area contributed by atoms with Gasteiger partial charge in [0.25, 0.3) is 0 Å². The van der Waals surface area contributed by atoms with Crippen molar-refractivity contribution in [3.05, 3.63) is 76.9 Å². The summed E-state index contributed by atoms with van der Waals surface area (Å²) in [5, 5.41) is 1.59. The van der Waals surface area contributed by atoms with Crippen molar-refractivity contribution in [1.82, 2.24) is 4.98 Å². The van der Waals surface area contributed by atoms with Crippen LogP contribution >= 0.6 is 11.6 Å². The molecule has 1 aromatic heterocycles. The lowest BCUT2D eigenvalue weighted by Gasteiger charge is -2.06. The maximum Gasteiger partial charge on any atom is 0.169 e. The van der Waals surface area contributed by atoms with Gasteiger partial charge in [-0.05, 0) is 23.8 Å². The molecule has 20 heavy (non-hydrogen) atoms. The van der Waals surface area contributed by atoms with Crippen LogP contribution in [0.25, 0.3) is 10.9 Å². The van der Waals surface area contributed by atoms with Gasteiger partial charge in [-0.1, -0.05) is 48.0 Å². The molecule has 0 saturated heterocycles. The zero-order valence-corrected chi connectivity index (χ0v) is 11.5. The molecule has 0 radical (unpaired) electrons. The normalized spacial score (nSPS) is 10.7. The number of nitrogens with zero attached hydrogens (tertiary/aromatic N) is 1. The average molecular weight is 282 g/mol. The second-order valence-corrected chi connectivity index (χ2v) is 4.98. The lowest BCUT2D eigenvalue weighted by atomic mass is 10.0. The first-order chi connectivity index (χ1) is 9.75. The van der Waals surface area contributed by atoms with Gasteiger partial charge in [0.2, 0.25) is 0 Å². The van der Waals surface area contributed by atoms with Gasteiger partial charge in [-0.25, -0.2) is 0 Å². The molecule has 3 rings (SSSR count). The standard InChI is InChI=1S/C17H12ClNO/c18-15-9-2-1-5-13(15)11-16(20)14-8-3-6-12-7-4-10-19-17(12)14/h1-10H,11H2. The molecule has 2 nitrogen and oxygen atoms in total. The number of rotatable bonds is 3. The van der Waals surface area contributed by atoms with E-state index < -0.39 is 0 Å². The fourth-order valence-electron chi connectivity index (χ4n) is 2.24. The Bertz CT molecular complexity index is 777. The quantitative estimate of drug-likeness (QED) is 0.670. The minimum atomic E-state index is 0.0300. The number of hydrogen-bond acceptors (Lipinski definition) is 2. The van der Waals surface area contributed by atoms with Crippen molar-refractivity contribution in [3.63, 3.8) is 0 Å². The SMILES string of the molecule is O=C(Cc1ccccc1Cl)c1cccc2cccnc12. The summed E-state index contributed by atoms with van der Waals surface area (Å²) in [6.45, 7) is 0. The molecular formula is C17H12ClNO. The predicted molar refractivity (Wildman–Crippen MR) is 81.2 cm³/mol. The molecule has 0 aliphatic heterocycles. The molecule has 3 heteroatoms. The van der Waals surface area contributed by atoms with Crippen LogP contribution in [0, 0.1) is 0 Å². The number of para-hydroxylation sites is 1. The van der Waals surface area contributed by atoms with E-state index >= 15 is 0 Å². The summed E-state index contributed by atoms with van der Waals surface area (Å²) >= 11 is 6.11. The van der Waals surface area contributed by atoms with Crippen molar-refractivity contribution in [2.45, 2.75) is 6.42 Å². The van der Waals surface area contributed by atoms with Gasteiger partial charge in [0.05, 0.1) is 5.52 Å². The number of pyridine rings is 1. The van der Waals surface area contributed by atoms with E-state index in [0.717, 1.165) is 16.5 Å². The molecule has 0 atom stereocenters. The van der Waals surface area contributed by atoms with Crippen LogP contribution in [0.1, 0.15) is 15.9 Å². The van der Waals surface area contributed by atoms with Gasteiger partial charge in [0, 0.05) is 28.6 Å². The molecular weight excluding hydrogens is 270 g/mol. The first-order valence-electron chi connectivity index (χ1n) is 6.36. The molecule has 98 valence electrons. The van der Waals surface area contributed by atoms with Crippen LogP contribution in [0.5, 0.6) is 0 Å². The van der Waals surface area contributed by atoms with Crippen molar-refractivity contribution < 1.29 is 4.79 Å². The molecule has 0 aliphatic carbocycles. The van der Waals surface area contributed by atoms with Crippen LogP contribution in [-0.2, 0) is 6.42 Å². The summed E-state index contributed by atoms with van der Waals surface area (Å²) in [6.07, 6.45) is 1.99. The Morgan fingerprint density at radius 3 is 2.65 bits per heavy atom. The Kier molecular flexibility index (Phi) is 3.48. The third-order valence-electron chi connectivity index (χ3n) is 3.24. The summed E-state index contributed by atoms with van der Waals surface area (Å²) in [6, 6.07) is 16.9. The number of hydrogen-bond donors (Lipinski definition) is 0. The van der Waals surface area contributed by atoms with E-state index in [9.17, 15) is 4.79 Å². The van der Waals surface area contributed by atoms with Crippen LogP contribution < -0.4 is 0 Å². The predicted octanol–water partition coefficient (Wildman–Crippen LogP) is 4.31. The van der Waals surface area contributed by atoms with E-state index in [4.69, 9.17) is 11.6 Å². The number of carbonyl (C=O) groups excluding carboxylic acids is 1. The van der Waals surface area contributed by atoms with Crippen molar-refractivity contribution in [2.24, 2.45) is 0 Å². The monoisotopic (exact) mass is 281 g/mol. The number of Topliss-reactive ketones (excluding diaryl/α,β-unsaturated/α-hetero) is 1. The van der Waals surface area contributed by atoms with Crippen molar-refractivity contribution in [1.29, 1.82) is 0 Å². The van der Waals surface area contributed by atoms with E-state index in [-0.39, 0.29) is 12.2 Å². The largest absolute Gasteiger partial charge is 0.294 e. The second-order valence-electron chi connectivity index (χ2n) is 4.57. The Morgan fingerprint density at radius 2 is 1.80 bits per heavy atom. The van der Waals surface area contributed by atoms with E-state index in [2.05, 4.69) is 4.98 Å². The first kappa shape index (κ1) is 12.8. The van der Waals surface area contributed by atoms with E-state index in [0.29, 0.717) is 10.6 Å². The summed E-state index contributed by atoms with van der Waals surface area (Å²) in [5.74, 6) is 0.0300. The van der Waals surface area contributed by atoms with Gasteiger partial charge in [0.15, 0.2) is 5.78 Å². The molecule has 0 fully saturated rings. The van der Waals surface area contributed by atoms with Crippen molar-refractivity contribution in [2.75, 3.05) is 0 Å². The number of benzene rings is 2. The van der Waals surface area contributed by atoms with Gasteiger partial charge in [0.1, 0.15) is 0 Å². The molecule has 0 saturated carbocycles. The van der Waals surface area contributed by atoms with Gasteiger partial charge in [-0.2, -0.15) is 0 Å². The van der Waals surface area contributed by atoms with Crippen LogP contribution in [0.2, 0.25) is 5.02 Å². The molecule has 0 bridgehead atoms. The summed E-state index contributed by atoms with van der Waals surface area (Å²) in [5.41, 5.74) is 2.22. The van der Waals surface area contributed by atoms with E-state index in [1.54, 1.807) is 12.3 Å². The van der Waals surface area contributed by atoms with Crippen LogP contribution in [0.3, 0.4) is 0 Å². The summed E-state index contributed by atoms with van der Waals surface area (Å²) in [7, 11) is 0.